The Bertz CT molecular complexity index is 1130. The van der Waals surface area contributed by atoms with Crippen LogP contribution in [0, 0.1) is 13.8 Å². The first-order chi connectivity index (χ1) is 15.3. The number of nitrogens with one attached hydrogen (secondary N) is 1. The van der Waals surface area contributed by atoms with Gasteiger partial charge in [-0.3, -0.25) is 9.48 Å². The van der Waals surface area contributed by atoms with Crippen LogP contribution in [-0.4, -0.2) is 42.5 Å². The van der Waals surface area contributed by atoms with Gasteiger partial charge in [-0.05, 0) is 19.4 Å². The molecule has 0 saturated carbocycles. The van der Waals surface area contributed by atoms with E-state index >= 15 is 0 Å². The second kappa shape index (κ2) is 10.2. The quantitative estimate of drug-likeness (QED) is 0.514. The first-order valence-electron chi connectivity index (χ1n) is 9.80. The van der Waals surface area contributed by atoms with Gasteiger partial charge >= 0.3 is 5.97 Å². The third-order valence-electron chi connectivity index (χ3n) is 4.84. The molecule has 168 valence electrons. The van der Waals surface area contributed by atoms with Crippen LogP contribution in [0.25, 0.3) is 0 Å². The van der Waals surface area contributed by atoms with E-state index < -0.39 is 18.5 Å². The molecule has 0 radical (unpaired) electrons. The van der Waals surface area contributed by atoms with Crippen LogP contribution in [0.2, 0.25) is 5.02 Å². The summed E-state index contributed by atoms with van der Waals surface area (Å²) in [5.41, 5.74) is 2.95. The van der Waals surface area contributed by atoms with Crippen molar-refractivity contribution in [2.75, 3.05) is 26.1 Å². The molecule has 2 aromatic carbocycles. The van der Waals surface area contributed by atoms with E-state index in [2.05, 4.69) is 10.4 Å². The van der Waals surface area contributed by atoms with Crippen molar-refractivity contribution in [3.05, 3.63) is 70.0 Å². The van der Waals surface area contributed by atoms with Gasteiger partial charge < -0.3 is 19.5 Å². The number of amides is 1. The average molecular weight is 458 g/mol. The van der Waals surface area contributed by atoms with Gasteiger partial charge in [-0.2, -0.15) is 5.10 Å². The Morgan fingerprint density at radius 3 is 2.41 bits per heavy atom. The normalized spacial score (nSPS) is 10.5. The van der Waals surface area contributed by atoms with Gasteiger partial charge in [0.1, 0.15) is 17.1 Å². The molecule has 0 aliphatic rings. The summed E-state index contributed by atoms with van der Waals surface area (Å²) < 4.78 is 17.4. The van der Waals surface area contributed by atoms with E-state index in [1.807, 2.05) is 30.3 Å². The third kappa shape index (κ3) is 5.20. The maximum absolute atomic E-state index is 12.7. The van der Waals surface area contributed by atoms with Gasteiger partial charge in [0.15, 0.2) is 6.61 Å². The second-order valence-electron chi connectivity index (χ2n) is 7.00. The lowest BCUT2D eigenvalue weighted by Gasteiger charge is -2.13. The van der Waals surface area contributed by atoms with E-state index in [4.69, 9.17) is 25.8 Å². The molecule has 1 N–H and O–H groups in total. The number of benzene rings is 2. The molecule has 0 saturated heterocycles. The van der Waals surface area contributed by atoms with Crippen molar-refractivity contribution in [2.24, 2.45) is 0 Å². The molecule has 3 aromatic rings. The highest BCUT2D eigenvalue weighted by Crippen LogP contribution is 2.35. The number of rotatable bonds is 8. The number of anilines is 1. The van der Waals surface area contributed by atoms with Crippen LogP contribution in [0.3, 0.4) is 0 Å². The van der Waals surface area contributed by atoms with E-state index in [0.717, 1.165) is 5.56 Å². The molecule has 32 heavy (non-hydrogen) atoms. The van der Waals surface area contributed by atoms with Crippen LogP contribution >= 0.6 is 11.6 Å². The zero-order valence-corrected chi connectivity index (χ0v) is 19.0. The fourth-order valence-electron chi connectivity index (χ4n) is 3.25. The SMILES string of the molecule is COc1cc(NC(=O)COC(=O)c2c(C)nn(Cc3ccccc3)c2C)c(OC)cc1Cl. The standard InChI is InChI=1S/C23H24ClN3O5/c1-14-22(15(2)27(26-14)12-16-8-6-5-7-9-16)23(29)32-13-21(28)25-18-11-19(30-3)17(24)10-20(18)31-4/h5-11H,12-13H2,1-4H3,(H,25,28). The number of hydrogen-bond donors (Lipinski definition) is 1. The molecule has 1 aromatic heterocycles. The lowest BCUT2D eigenvalue weighted by atomic mass is 10.2. The summed E-state index contributed by atoms with van der Waals surface area (Å²) in [4.78, 5) is 25.0. The highest BCUT2D eigenvalue weighted by molar-refractivity contribution is 6.32. The fraction of sp³-hybridized carbons (Fsp3) is 0.261. The van der Waals surface area contributed by atoms with Crippen LogP contribution in [0.1, 0.15) is 27.3 Å². The maximum atomic E-state index is 12.7. The Morgan fingerprint density at radius 2 is 1.75 bits per heavy atom. The van der Waals surface area contributed by atoms with Crippen molar-refractivity contribution >= 4 is 29.2 Å². The van der Waals surface area contributed by atoms with Gasteiger partial charge in [0.25, 0.3) is 5.91 Å². The highest BCUT2D eigenvalue weighted by atomic mass is 35.5. The minimum absolute atomic E-state index is 0.340. The van der Waals surface area contributed by atoms with Crippen LogP contribution in [0.4, 0.5) is 5.69 Å². The van der Waals surface area contributed by atoms with Gasteiger partial charge in [-0.15, -0.1) is 0 Å². The number of carbonyl (C=O) groups excluding carboxylic acids is 2. The van der Waals surface area contributed by atoms with Crippen LogP contribution in [-0.2, 0) is 16.1 Å². The molecule has 8 nitrogen and oxygen atoms in total. The molecule has 3 rings (SSSR count). The zero-order valence-electron chi connectivity index (χ0n) is 18.3. The molecule has 1 amide bonds. The van der Waals surface area contributed by atoms with Gasteiger partial charge in [0.05, 0.1) is 42.9 Å². The Labute approximate surface area is 191 Å². The minimum Gasteiger partial charge on any atom is -0.495 e. The number of carbonyl (C=O) groups is 2. The molecule has 0 aliphatic heterocycles. The lowest BCUT2D eigenvalue weighted by Crippen LogP contribution is -2.21. The van der Waals surface area contributed by atoms with Gasteiger partial charge in [0.2, 0.25) is 0 Å². The molecule has 9 heteroatoms. The second-order valence-corrected chi connectivity index (χ2v) is 7.41. The number of esters is 1. The van der Waals surface area contributed by atoms with Crippen molar-refractivity contribution in [1.82, 2.24) is 9.78 Å². The molecule has 0 fully saturated rings. The van der Waals surface area contributed by atoms with E-state index in [0.29, 0.717) is 45.7 Å². The Morgan fingerprint density at radius 1 is 1.06 bits per heavy atom. The lowest BCUT2D eigenvalue weighted by molar-refractivity contribution is -0.119. The Kier molecular flexibility index (Phi) is 7.37. The fourth-order valence-corrected chi connectivity index (χ4v) is 3.48. The van der Waals surface area contributed by atoms with Crippen molar-refractivity contribution in [3.63, 3.8) is 0 Å². The number of methoxy groups -OCH3 is 2. The Hall–Kier alpha value is -3.52. The van der Waals surface area contributed by atoms with Gasteiger partial charge in [-0.25, -0.2) is 4.79 Å². The summed E-state index contributed by atoms with van der Waals surface area (Å²) in [5, 5.41) is 7.42. The maximum Gasteiger partial charge on any atom is 0.342 e. The first-order valence-corrected chi connectivity index (χ1v) is 10.2. The number of halogens is 1. The highest BCUT2D eigenvalue weighted by Gasteiger charge is 2.21. The van der Waals surface area contributed by atoms with Crippen molar-refractivity contribution in [1.29, 1.82) is 0 Å². The van der Waals surface area contributed by atoms with Crippen LogP contribution in [0.5, 0.6) is 11.5 Å². The number of aryl methyl sites for hydroxylation is 1. The molecule has 0 bridgehead atoms. The summed E-state index contributed by atoms with van der Waals surface area (Å²) >= 11 is 6.08. The monoisotopic (exact) mass is 457 g/mol. The first kappa shape index (κ1) is 23.1. The molecular weight excluding hydrogens is 434 g/mol. The van der Waals surface area contributed by atoms with Gasteiger partial charge in [0, 0.05) is 12.1 Å². The molecule has 1 heterocycles. The van der Waals surface area contributed by atoms with Crippen molar-refractivity contribution in [2.45, 2.75) is 20.4 Å². The molecule has 0 aliphatic carbocycles. The van der Waals surface area contributed by atoms with E-state index in [-0.39, 0.29) is 0 Å². The van der Waals surface area contributed by atoms with Gasteiger partial charge in [-0.1, -0.05) is 41.9 Å². The third-order valence-corrected chi connectivity index (χ3v) is 5.14. The van der Waals surface area contributed by atoms with E-state index in [9.17, 15) is 9.59 Å². The summed E-state index contributed by atoms with van der Waals surface area (Å²) in [6, 6.07) is 12.9. The summed E-state index contributed by atoms with van der Waals surface area (Å²) in [7, 11) is 2.91. The zero-order chi connectivity index (χ0) is 23.3. The van der Waals surface area contributed by atoms with E-state index in [1.54, 1.807) is 18.5 Å². The number of ether oxygens (including phenoxy) is 3. The Balaban J connectivity index is 1.67. The largest absolute Gasteiger partial charge is 0.495 e. The minimum atomic E-state index is -0.616. The van der Waals surface area contributed by atoms with Crippen molar-refractivity contribution < 1.29 is 23.8 Å². The average Bonchev–Trinajstić information content (AvgIpc) is 3.06. The van der Waals surface area contributed by atoms with Crippen LogP contribution in [0.15, 0.2) is 42.5 Å². The number of hydrogen-bond acceptors (Lipinski definition) is 6. The summed E-state index contributed by atoms with van der Waals surface area (Å²) in [5.74, 6) is -0.427. The molecule has 0 atom stereocenters. The van der Waals surface area contributed by atoms with Crippen molar-refractivity contribution in [3.8, 4) is 11.5 Å². The predicted octanol–water partition coefficient (Wildman–Crippen LogP) is 4.01. The van der Waals surface area contributed by atoms with Crippen LogP contribution < -0.4 is 14.8 Å². The summed E-state index contributed by atoms with van der Waals surface area (Å²) in [6.45, 7) is 3.58. The smallest absolute Gasteiger partial charge is 0.342 e. The van der Waals surface area contributed by atoms with E-state index in [1.165, 1.54) is 26.4 Å². The summed E-state index contributed by atoms with van der Waals surface area (Å²) in [6.07, 6.45) is 0. The molecule has 0 unspecified atom stereocenters. The molecular formula is C23H24ClN3O5. The number of nitrogens with zero attached hydrogens (tertiary/aromatic N) is 2. The number of aromatic nitrogens is 2. The predicted molar refractivity (Wildman–Crippen MR) is 121 cm³/mol. The topological polar surface area (TPSA) is 91.7 Å². The molecule has 0 spiro atoms.